The third-order valence-corrected chi connectivity index (χ3v) is 3.66. The molecule has 4 N–H and O–H groups in total. The first-order chi connectivity index (χ1) is 8.92. The zero-order valence-corrected chi connectivity index (χ0v) is 11.8. The quantitative estimate of drug-likeness (QED) is 0.712. The Morgan fingerprint density at radius 1 is 1.42 bits per heavy atom. The highest BCUT2D eigenvalue weighted by atomic mass is 16.3. The van der Waals surface area contributed by atoms with Gasteiger partial charge in [-0.15, -0.1) is 0 Å². The normalized spacial score (nSPS) is 12.5. The number of likely N-dealkylation sites (N-methyl/N-ethyl adjacent to an activating group) is 1. The highest BCUT2D eigenvalue weighted by Crippen LogP contribution is 2.16. The standard InChI is InChI=1S/C14H22N4O/c1-14(2,9-19)18(3)7-6-13-16-11-5-4-10(15)8-12(11)17-13/h4-5,8,19H,6-7,9,15H2,1-3H3,(H,16,17). The minimum absolute atomic E-state index is 0.139. The van der Waals surface area contributed by atoms with E-state index in [2.05, 4.69) is 14.9 Å². The summed E-state index contributed by atoms with van der Waals surface area (Å²) < 4.78 is 0. The molecule has 1 heterocycles. The zero-order valence-electron chi connectivity index (χ0n) is 11.8. The van der Waals surface area contributed by atoms with Crippen molar-refractivity contribution in [3.05, 3.63) is 24.0 Å². The van der Waals surface area contributed by atoms with Crippen molar-refractivity contribution in [2.45, 2.75) is 25.8 Å². The number of fused-ring (bicyclic) bond motifs is 1. The van der Waals surface area contributed by atoms with Crippen LogP contribution in [-0.2, 0) is 6.42 Å². The van der Waals surface area contributed by atoms with Gasteiger partial charge in [0.1, 0.15) is 5.82 Å². The molecule has 0 spiro atoms. The Labute approximate surface area is 113 Å². The summed E-state index contributed by atoms with van der Waals surface area (Å²) >= 11 is 0. The second-order valence-corrected chi connectivity index (χ2v) is 5.60. The second kappa shape index (κ2) is 5.19. The van der Waals surface area contributed by atoms with E-state index < -0.39 is 0 Å². The summed E-state index contributed by atoms with van der Waals surface area (Å²) in [5.41, 5.74) is 8.18. The maximum Gasteiger partial charge on any atom is 0.108 e. The molecule has 0 radical (unpaired) electrons. The van der Waals surface area contributed by atoms with Crippen LogP contribution >= 0.6 is 0 Å². The maximum absolute atomic E-state index is 9.33. The van der Waals surface area contributed by atoms with E-state index >= 15 is 0 Å². The van der Waals surface area contributed by atoms with Crippen LogP contribution in [-0.4, -0.2) is 45.7 Å². The van der Waals surface area contributed by atoms with Crippen LogP contribution in [0.4, 0.5) is 5.69 Å². The minimum Gasteiger partial charge on any atom is -0.399 e. The van der Waals surface area contributed by atoms with Crippen LogP contribution < -0.4 is 5.73 Å². The van der Waals surface area contributed by atoms with Crippen LogP contribution in [0.3, 0.4) is 0 Å². The number of benzene rings is 1. The number of nitrogens with two attached hydrogens (primary N) is 1. The number of aliphatic hydroxyl groups excluding tert-OH is 1. The number of imidazole rings is 1. The third kappa shape index (κ3) is 3.05. The molecule has 0 atom stereocenters. The number of nitrogens with zero attached hydrogens (tertiary/aromatic N) is 2. The van der Waals surface area contributed by atoms with Crippen molar-refractivity contribution >= 4 is 16.7 Å². The summed E-state index contributed by atoms with van der Waals surface area (Å²) in [6, 6.07) is 5.67. The summed E-state index contributed by atoms with van der Waals surface area (Å²) in [4.78, 5) is 9.95. The Kier molecular flexibility index (Phi) is 3.78. The number of nitrogens with one attached hydrogen (secondary N) is 1. The molecule has 1 aromatic carbocycles. The van der Waals surface area contributed by atoms with Crippen molar-refractivity contribution in [3.63, 3.8) is 0 Å². The molecule has 5 heteroatoms. The van der Waals surface area contributed by atoms with Crippen LogP contribution in [0.5, 0.6) is 0 Å². The molecule has 0 bridgehead atoms. The van der Waals surface area contributed by atoms with Gasteiger partial charge in [-0.25, -0.2) is 4.98 Å². The van der Waals surface area contributed by atoms with Crippen molar-refractivity contribution < 1.29 is 5.11 Å². The molecule has 5 nitrogen and oxygen atoms in total. The highest BCUT2D eigenvalue weighted by Gasteiger charge is 2.22. The Hall–Kier alpha value is -1.59. The second-order valence-electron chi connectivity index (χ2n) is 5.60. The van der Waals surface area contributed by atoms with E-state index in [9.17, 15) is 5.11 Å². The number of aromatic nitrogens is 2. The van der Waals surface area contributed by atoms with Gasteiger partial charge in [-0.05, 0) is 39.1 Å². The fourth-order valence-electron chi connectivity index (χ4n) is 1.90. The van der Waals surface area contributed by atoms with Crippen molar-refractivity contribution in [2.24, 2.45) is 0 Å². The maximum atomic E-state index is 9.33. The van der Waals surface area contributed by atoms with Gasteiger partial charge in [-0.1, -0.05) is 0 Å². The summed E-state index contributed by atoms with van der Waals surface area (Å²) in [6.45, 7) is 5.02. The number of rotatable bonds is 5. The molecule has 0 aliphatic heterocycles. The Morgan fingerprint density at radius 2 is 2.16 bits per heavy atom. The number of hydrogen-bond donors (Lipinski definition) is 3. The number of aliphatic hydroxyl groups is 1. The predicted molar refractivity (Wildman–Crippen MR) is 78.0 cm³/mol. The molecule has 19 heavy (non-hydrogen) atoms. The third-order valence-electron chi connectivity index (χ3n) is 3.66. The van der Waals surface area contributed by atoms with Crippen molar-refractivity contribution in [2.75, 3.05) is 25.9 Å². The monoisotopic (exact) mass is 262 g/mol. The van der Waals surface area contributed by atoms with E-state index in [0.717, 1.165) is 35.5 Å². The van der Waals surface area contributed by atoms with Gasteiger partial charge < -0.3 is 15.8 Å². The van der Waals surface area contributed by atoms with Crippen LogP contribution in [0, 0.1) is 0 Å². The predicted octanol–water partition coefficient (Wildman–Crippen LogP) is 1.39. The minimum atomic E-state index is -0.212. The van der Waals surface area contributed by atoms with Crippen molar-refractivity contribution in [1.29, 1.82) is 0 Å². The smallest absolute Gasteiger partial charge is 0.108 e. The summed E-state index contributed by atoms with van der Waals surface area (Å²) in [6.07, 6.45) is 0.814. The van der Waals surface area contributed by atoms with Gasteiger partial charge in [0.05, 0.1) is 17.6 Å². The topological polar surface area (TPSA) is 78.2 Å². The first-order valence-corrected chi connectivity index (χ1v) is 6.48. The van der Waals surface area contributed by atoms with Gasteiger partial charge >= 0.3 is 0 Å². The lowest BCUT2D eigenvalue weighted by molar-refractivity contribution is 0.0797. The molecule has 0 unspecified atom stereocenters. The van der Waals surface area contributed by atoms with E-state index in [1.165, 1.54) is 0 Å². The summed E-state index contributed by atoms with van der Waals surface area (Å²) in [7, 11) is 2.01. The summed E-state index contributed by atoms with van der Waals surface area (Å²) in [5.74, 6) is 0.946. The molecule has 0 fully saturated rings. The first-order valence-electron chi connectivity index (χ1n) is 6.48. The largest absolute Gasteiger partial charge is 0.399 e. The molecule has 0 saturated carbocycles. The molecule has 2 rings (SSSR count). The van der Waals surface area contributed by atoms with E-state index in [1.807, 2.05) is 39.1 Å². The first kappa shape index (κ1) is 13.8. The van der Waals surface area contributed by atoms with Crippen molar-refractivity contribution in [3.8, 4) is 0 Å². The fraction of sp³-hybridized carbons (Fsp3) is 0.500. The van der Waals surface area contributed by atoms with Crippen LogP contribution in [0.15, 0.2) is 18.2 Å². The Balaban J connectivity index is 2.06. The van der Waals surface area contributed by atoms with E-state index in [4.69, 9.17) is 5.73 Å². The number of nitrogen functional groups attached to an aromatic ring is 1. The molecular formula is C14H22N4O. The van der Waals surface area contributed by atoms with Gasteiger partial charge in [-0.2, -0.15) is 0 Å². The number of H-pyrrole nitrogens is 1. The molecular weight excluding hydrogens is 240 g/mol. The van der Waals surface area contributed by atoms with Crippen LogP contribution in [0.25, 0.3) is 11.0 Å². The Bertz CT molecular complexity index is 562. The molecule has 104 valence electrons. The highest BCUT2D eigenvalue weighted by molar-refractivity contribution is 5.78. The molecule has 1 aromatic heterocycles. The van der Waals surface area contributed by atoms with E-state index in [1.54, 1.807) is 0 Å². The van der Waals surface area contributed by atoms with Gasteiger partial charge in [0.2, 0.25) is 0 Å². The lowest BCUT2D eigenvalue weighted by atomic mass is 10.1. The van der Waals surface area contributed by atoms with Gasteiger partial charge in [0, 0.05) is 24.2 Å². The Morgan fingerprint density at radius 3 is 2.84 bits per heavy atom. The van der Waals surface area contributed by atoms with Gasteiger partial charge in [0.15, 0.2) is 0 Å². The lowest BCUT2D eigenvalue weighted by Gasteiger charge is -2.33. The number of anilines is 1. The SMILES string of the molecule is CN(CCc1nc2ccc(N)cc2[nH]1)C(C)(C)CO. The van der Waals surface area contributed by atoms with Gasteiger partial charge in [0.25, 0.3) is 0 Å². The van der Waals surface area contributed by atoms with Gasteiger partial charge in [-0.3, -0.25) is 4.90 Å². The average molecular weight is 262 g/mol. The number of hydrogen-bond acceptors (Lipinski definition) is 4. The van der Waals surface area contributed by atoms with E-state index in [0.29, 0.717) is 0 Å². The molecule has 0 saturated heterocycles. The molecule has 2 aromatic rings. The average Bonchev–Trinajstić information content (AvgIpc) is 2.77. The van der Waals surface area contributed by atoms with Crippen molar-refractivity contribution in [1.82, 2.24) is 14.9 Å². The summed E-state index contributed by atoms with van der Waals surface area (Å²) in [5, 5.41) is 9.33. The lowest BCUT2D eigenvalue weighted by Crippen LogP contribution is -2.45. The zero-order chi connectivity index (χ0) is 14.0. The van der Waals surface area contributed by atoms with E-state index in [-0.39, 0.29) is 12.1 Å². The van der Waals surface area contributed by atoms with Crippen LogP contribution in [0.2, 0.25) is 0 Å². The number of aromatic amines is 1. The molecule has 0 amide bonds. The van der Waals surface area contributed by atoms with Crippen LogP contribution in [0.1, 0.15) is 19.7 Å². The molecule has 0 aliphatic carbocycles. The molecule has 0 aliphatic rings. The fourth-order valence-corrected chi connectivity index (χ4v) is 1.90.